The number of carbonyl (C=O) groups is 1. The second-order valence-corrected chi connectivity index (χ2v) is 3.58. The van der Waals surface area contributed by atoms with Crippen molar-refractivity contribution < 1.29 is 4.79 Å². The number of amides is 1. The van der Waals surface area contributed by atoms with Crippen LogP contribution in [0.3, 0.4) is 0 Å². The SMILES string of the molecule is NCC(c1ccccn1)n1cc(C(N)=O)cn1. The molecule has 1 atom stereocenters. The van der Waals surface area contributed by atoms with E-state index in [9.17, 15) is 4.79 Å². The fourth-order valence-corrected chi connectivity index (χ4v) is 1.57. The summed E-state index contributed by atoms with van der Waals surface area (Å²) < 4.78 is 1.60. The third kappa shape index (κ3) is 2.31. The van der Waals surface area contributed by atoms with Crippen molar-refractivity contribution in [3.05, 3.63) is 48.0 Å². The highest BCUT2D eigenvalue weighted by atomic mass is 16.1. The second-order valence-electron chi connectivity index (χ2n) is 3.58. The molecule has 2 heterocycles. The molecule has 0 aromatic carbocycles. The van der Waals surface area contributed by atoms with Gasteiger partial charge in [0.1, 0.15) is 6.04 Å². The minimum Gasteiger partial charge on any atom is -0.366 e. The number of aromatic nitrogens is 3. The molecule has 17 heavy (non-hydrogen) atoms. The zero-order valence-corrected chi connectivity index (χ0v) is 9.15. The van der Waals surface area contributed by atoms with Gasteiger partial charge in [0.15, 0.2) is 0 Å². The maximum absolute atomic E-state index is 11.0. The van der Waals surface area contributed by atoms with E-state index in [4.69, 9.17) is 11.5 Å². The molecule has 1 unspecified atom stereocenters. The summed E-state index contributed by atoms with van der Waals surface area (Å²) in [6, 6.07) is 5.38. The standard InChI is InChI=1S/C11H13N5O/c12-5-10(9-3-1-2-4-14-9)16-7-8(6-15-16)11(13)17/h1-4,6-7,10H,5,12H2,(H2,13,17). The molecule has 0 aliphatic rings. The fraction of sp³-hybridized carbons (Fsp3) is 0.182. The number of rotatable bonds is 4. The van der Waals surface area contributed by atoms with Crippen molar-refractivity contribution in [1.29, 1.82) is 0 Å². The van der Waals surface area contributed by atoms with Crippen LogP contribution < -0.4 is 11.5 Å². The molecule has 6 nitrogen and oxygen atoms in total. The zero-order chi connectivity index (χ0) is 12.3. The quantitative estimate of drug-likeness (QED) is 0.768. The molecule has 4 N–H and O–H groups in total. The van der Waals surface area contributed by atoms with E-state index in [2.05, 4.69) is 10.1 Å². The molecule has 2 rings (SSSR count). The third-order valence-electron chi connectivity index (χ3n) is 2.46. The third-order valence-corrected chi connectivity index (χ3v) is 2.46. The Labute approximate surface area is 98.3 Å². The number of carbonyl (C=O) groups excluding carboxylic acids is 1. The number of pyridine rings is 1. The first kappa shape index (κ1) is 11.3. The van der Waals surface area contributed by atoms with Crippen molar-refractivity contribution >= 4 is 5.91 Å². The summed E-state index contributed by atoms with van der Waals surface area (Å²) in [6.45, 7) is 0.344. The van der Waals surface area contributed by atoms with E-state index in [0.717, 1.165) is 5.69 Å². The summed E-state index contributed by atoms with van der Waals surface area (Å²) in [6.07, 6.45) is 4.69. The van der Waals surface area contributed by atoms with Crippen LogP contribution in [0.2, 0.25) is 0 Å². The molecular weight excluding hydrogens is 218 g/mol. The van der Waals surface area contributed by atoms with Gasteiger partial charge in [-0.1, -0.05) is 6.07 Å². The van der Waals surface area contributed by atoms with Crippen molar-refractivity contribution in [3.8, 4) is 0 Å². The van der Waals surface area contributed by atoms with Gasteiger partial charge in [0.05, 0.1) is 17.5 Å². The Kier molecular flexibility index (Phi) is 3.15. The highest BCUT2D eigenvalue weighted by molar-refractivity contribution is 5.92. The number of hydrogen-bond donors (Lipinski definition) is 2. The normalized spacial score (nSPS) is 12.3. The maximum Gasteiger partial charge on any atom is 0.251 e. The molecular formula is C11H13N5O. The molecule has 0 aliphatic carbocycles. The van der Waals surface area contributed by atoms with Crippen molar-refractivity contribution in [3.63, 3.8) is 0 Å². The smallest absolute Gasteiger partial charge is 0.251 e. The van der Waals surface area contributed by atoms with E-state index in [0.29, 0.717) is 12.1 Å². The average Bonchev–Trinajstić information content (AvgIpc) is 2.81. The van der Waals surface area contributed by atoms with Crippen LogP contribution >= 0.6 is 0 Å². The van der Waals surface area contributed by atoms with Crippen LogP contribution in [0.25, 0.3) is 0 Å². The molecule has 0 aliphatic heterocycles. The van der Waals surface area contributed by atoms with Gasteiger partial charge in [-0.2, -0.15) is 5.10 Å². The van der Waals surface area contributed by atoms with Crippen LogP contribution in [0.4, 0.5) is 0 Å². The Morgan fingerprint density at radius 2 is 2.29 bits per heavy atom. The molecule has 0 bridgehead atoms. The Morgan fingerprint density at radius 1 is 1.47 bits per heavy atom. The topological polar surface area (TPSA) is 99.8 Å². The first-order valence-corrected chi connectivity index (χ1v) is 5.17. The summed E-state index contributed by atoms with van der Waals surface area (Å²) in [4.78, 5) is 15.2. The van der Waals surface area contributed by atoms with Gasteiger partial charge in [-0.05, 0) is 12.1 Å². The van der Waals surface area contributed by atoms with Crippen molar-refractivity contribution in [2.24, 2.45) is 11.5 Å². The number of nitrogens with two attached hydrogens (primary N) is 2. The Balaban J connectivity index is 2.32. The Morgan fingerprint density at radius 3 is 2.82 bits per heavy atom. The highest BCUT2D eigenvalue weighted by Gasteiger charge is 2.15. The molecule has 1 amide bonds. The largest absolute Gasteiger partial charge is 0.366 e. The lowest BCUT2D eigenvalue weighted by Crippen LogP contribution is -2.22. The number of hydrogen-bond acceptors (Lipinski definition) is 4. The van der Waals surface area contributed by atoms with Gasteiger partial charge in [-0.3, -0.25) is 14.5 Å². The predicted octanol–water partition coefficient (Wildman–Crippen LogP) is -0.0749. The predicted molar refractivity (Wildman–Crippen MR) is 62.2 cm³/mol. The van der Waals surface area contributed by atoms with Gasteiger partial charge in [-0.15, -0.1) is 0 Å². The lowest BCUT2D eigenvalue weighted by molar-refractivity contribution is 0.1000. The molecule has 0 spiro atoms. The van der Waals surface area contributed by atoms with Crippen molar-refractivity contribution in [2.45, 2.75) is 6.04 Å². The molecule has 88 valence electrons. The van der Waals surface area contributed by atoms with Crippen molar-refractivity contribution in [2.75, 3.05) is 6.54 Å². The van der Waals surface area contributed by atoms with Crippen LogP contribution in [0.5, 0.6) is 0 Å². The molecule has 0 radical (unpaired) electrons. The monoisotopic (exact) mass is 231 g/mol. The minimum absolute atomic E-state index is 0.190. The maximum atomic E-state index is 11.0. The van der Waals surface area contributed by atoms with Crippen LogP contribution in [0.15, 0.2) is 36.8 Å². The number of nitrogens with zero attached hydrogens (tertiary/aromatic N) is 3. The summed E-state index contributed by atoms with van der Waals surface area (Å²) in [5.41, 5.74) is 12.0. The fourth-order valence-electron chi connectivity index (χ4n) is 1.57. The van der Waals surface area contributed by atoms with E-state index >= 15 is 0 Å². The van der Waals surface area contributed by atoms with Gasteiger partial charge in [0, 0.05) is 18.9 Å². The van der Waals surface area contributed by atoms with Crippen molar-refractivity contribution in [1.82, 2.24) is 14.8 Å². The van der Waals surface area contributed by atoms with E-state index in [-0.39, 0.29) is 6.04 Å². The van der Waals surface area contributed by atoms with E-state index in [1.54, 1.807) is 17.1 Å². The van der Waals surface area contributed by atoms with Crippen LogP contribution in [0, 0.1) is 0 Å². The van der Waals surface area contributed by atoms with Crippen LogP contribution in [-0.4, -0.2) is 27.2 Å². The highest BCUT2D eigenvalue weighted by Crippen LogP contribution is 2.14. The van der Waals surface area contributed by atoms with Crippen LogP contribution in [0.1, 0.15) is 22.1 Å². The summed E-state index contributed by atoms with van der Waals surface area (Å²) in [7, 11) is 0. The molecule has 0 saturated carbocycles. The van der Waals surface area contributed by atoms with Gasteiger partial charge < -0.3 is 11.5 Å². The first-order valence-electron chi connectivity index (χ1n) is 5.17. The Bertz CT molecular complexity index is 508. The van der Waals surface area contributed by atoms with Gasteiger partial charge in [-0.25, -0.2) is 0 Å². The van der Waals surface area contributed by atoms with Gasteiger partial charge in [0.2, 0.25) is 0 Å². The molecule has 6 heteroatoms. The summed E-state index contributed by atoms with van der Waals surface area (Å²) in [5, 5.41) is 4.08. The molecule has 2 aromatic heterocycles. The second kappa shape index (κ2) is 4.75. The van der Waals surface area contributed by atoms with E-state index in [1.807, 2.05) is 18.2 Å². The van der Waals surface area contributed by atoms with Crippen LogP contribution in [-0.2, 0) is 0 Å². The summed E-state index contributed by atoms with van der Waals surface area (Å²) >= 11 is 0. The molecule has 0 saturated heterocycles. The zero-order valence-electron chi connectivity index (χ0n) is 9.15. The van der Waals surface area contributed by atoms with Gasteiger partial charge >= 0.3 is 0 Å². The Hall–Kier alpha value is -2.21. The lowest BCUT2D eigenvalue weighted by atomic mass is 10.2. The first-order chi connectivity index (χ1) is 8.22. The van der Waals surface area contributed by atoms with E-state index in [1.165, 1.54) is 6.20 Å². The molecule has 0 fully saturated rings. The molecule has 2 aromatic rings. The lowest BCUT2D eigenvalue weighted by Gasteiger charge is -2.14. The minimum atomic E-state index is -0.506. The average molecular weight is 231 g/mol. The van der Waals surface area contributed by atoms with E-state index < -0.39 is 5.91 Å². The number of primary amides is 1. The van der Waals surface area contributed by atoms with Gasteiger partial charge in [0.25, 0.3) is 5.91 Å². The summed E-state index contributed by atoms with van der Waals surface area (Å²) in [5.74, 6) is -0.506.